The number of carbonyl (C=O) groups is 1. The first-order valence-corrected chi connectivity index (χ1v) is 12.1. The number of fused-ring (bicyclic) bond motifs is 4. The second kappa shape index (κ2) is 8.35. The first kappa shape index (κ1) is 22.3. The predicted molar refractivity (Wildman–Crippen MR) is 137 cm³/mol. The van der Waals surface area contributed by atoms with Crippen molar-refractivity contribution in [2.24, 2.45) is 0 Å². The average molecular weight is 454 g/mol. The molecule has 0 bridgehead atoms. The third-order valence-electron chi connectivity index (χ3n) is 6.89. The van der Waals surface area contributed by atoms with Gasteiger partial charge in [-0.3, -0.25) is 9.36 Å². The minimum atomic E-state index is -0.536. The summed E-state index contributed by atoms with van der Waals surface area (Å²) in [6, 6.07) is 17.9. The van der Waals surface area contributed by atoms with Crippen molar-refractivity contribution in [1.82, 2.24) is 4.57 Å². The molecule has 3 aromatic carbocycles. The fraction of sp³-hybridized carbons (Fsp3) is 0.300. The maximum absolute atomic E-state index is 13.9. The number of rotatable bonds is 5. The maximum atomic E-state index is 13.9. The molecule has 0 saturated heterocycles. The van der Waals surface area contributed by atoms with Gasteiger partial charge in [-0.15, -0.1) is 0 Å². The second-order valence-corrected chi connectivity index (χ2v) is 9.80. The molecule has 1 aliphatic rings. The summed E-state index contributed by atoms with van der Waals surface area (Å²) >= 11 is 0. The Balaban J connectivity index is 1.75. The van der Waals surface area contributed by atoms with Crippen molar-refractivity contribution in [2.75, 3.05) is 0 Å². The molecule has 4 heteroatoms. The van der Waals surface area contributed by atoms with Crippen molar-refractivity contribution in [3.05, 3.63) is 83.0 Å². The van der Waals surface area contributed by atoms with Gasteiger partial charge in [0.2, 0.25) is 0 Å². The van der Waals surface area contributed by atoms with Gasteiger partial charge in [-0.05, 0) is 62.9 Å². The minimum Gasteiger partial charge on any atom is -0.506 e. The molecule has 0 atom stereocenters. The van der Waals surface area contributed by atoms with E-state index in [1.807, 2.05) is 57.2 Å². The molecule has 0 amide bonds. The number of phenolic OH excluding ortho intramolecular Hbond substituents is 1. The Hall–Kier alpha value is -3.53. The summed E-state index contributed by atoms with van der Waals surface area (Å²) < 4.78 is 8.07. The van der Waals surface area contributed by atoms with Crippen molar-refractivity contribution in [1.29, 1.82) is 0 Å². The number of ether oxygens (including phenoxy) is 1. The monoisotopic (exact) mass is 453 g/mol. The van der Waals surface area contributed by atoms with Crippen LogP contribution in [0.5, 0.6) is 11.5 Å². The third-order valence-corrected chi connectivity index (χ3v) is 6.89. The predicted octanol–water partition coefficient (Wildman–Crippen LogP) is 7.37. The smallest absolute Gasteiger partial charge is 0.266 e. The first-order valence-electron chi connectivity index (χ1n) is 12.1. The third kappa shape index (κ3) is 3.58. The van der Waals surface area contributed by atoms with Crippen LogP contribution >= 0.6 is 0 Å². The minimum absolute atomic E-state index is 0.00845. The molecule has 4 nitrogen and oxygen atoms in total. The summed E-state index contributed by atoms with van der Waals surface area (Å²) in [5.41, 5.74) is 5.13. The van der Waals surface area contributed by atoms with Gasteiger partial charge in [-0.1, -0.05) is 61.7 Å². The quantitative estimate of drug-likeness (QED) is 0.321. The van der Waals surface area contributed by atoms with E-state index in [4.69, 9.17) is 4.74 Å². The van der Waals surface area contributed by atoms with Crippen molar-refractivity contribution in [2.45, 2.75) is 59.0 Å². The van der Waals surface area contributed by atoms with E-state index in [0.29, 0.717) is 23.3 Å². The highest BCUT2D eigenvalue weighted by atomic mass is 16.5. The number of benzene rings is 3. The SMILES string of the molecule is CCCCCc1cc2c(c(O)c1C(=O)n1ccc3ccccc31)-c1cc(C)ccc1C(C)(C)O2. The Labute approximate surface area is 200 Å². The van der Waals surface area contributed by atoms with Crippen molar-refractivity contribution in [3.8, 4) is 22.6 Å². The molecular formula is C30H31NO3. The van der Waals surface area contributed by atoms with Crippen LogP contribution in [0.15, 0.2) is 60.8 Å². The standard InChI is InChI=1S/C30H31NO3/c1-5-6-7-11-21-18-25-27(22-17-19(2)13-14-23(22)30(3,4)34-25)28(32)26(21)29(33)31-16-15-20-10-8-9-12-24(20)31/h8-10,12-18,32H,5-7,11H2,1-4H3. The normalized spacial score (nSPS) is 13.9. The van der Waals surface area contributed by atoms with Crippen molar-refractivity contribution < 1.29 is 14.6 Å². The lowest BCUT2D eigenvalue weighted by atomic mass is 9.83. The lowest BCUT2D eigenvalue weighted by Crippen LogP contribution is -2.30. The second-order valence-electron chi connectivity index (χ2n) is 9.80. The van der Waals surface area contributed by atoms with Gasteiger partial charge in [0.05, 0.1) is 16.6 Å². The number of aromatic nitrogens is 1. The largest absolute Gasteiger partial charge is 0.506 e. The molecule has 0 radical (unpaired) electrons. The molecule has 4 aromatic rings. The summed E-state index contributed by atoms with van der Waals surface area (Å²) in [6.45, 7) is 8.29. The van der Waals surface area contributed by atoms with Crippen molar-refractivity contribution in [3.63, 3.8) is 0 Å². The van der Waals surface area contributed by atoms with E-state index >= 15 is 0 Å². The molecule has 5 rings (SSSR count). The number of nitrogens with zero attached hydrogens (tertiary/aromatic N) is 1. The summed E-state index contributed by atoms with van der Waals surface area (Å²) in [5.74, 6) is 0.433. The van der Waals surface area contributed by atoms with E-state index in [0.717, 1.165) is 52.4 Å². The fourth-order valence-corrected chi connectivity index (χ4v) is 5.14. The van der Waals surface area contributed by atoms with Gasteiger partial charge >= 0.3 is 0 Å². The van der Waals surface area contributed by atoms with Crippen LogP contribution in [0, 0.1) is 6.92 Å². The topological polar surface area (TPSA) is 51.5 Å². The van der Waals surface area contributed by atoms with Gasteiger partial charge in [0, 0.05) is 17.1 Å². The molecule has 0 unspecified atom stereocenters. The zero-order valence-electron chi connectivity index (χ0n) is 20.3. The van der Waals surface area contributed by atoms with Gasteiger partial charge in [-0.2, -0.15) is 0 Å². The van der Waals surface area contributed by atoms with Crippen LogP contribution in [0.25, 0.3) is 22.0 Å². The molecule has 174 valence electrons. The van der Waals surface area contributed by atoms with Gasteiger partial charge in [0.1, 0.15) is 17.1 Å². The number of hydrogen-bond donors (Lipinski definition) is 1. The van der Waals surface area contributed by atoms with Gasteiger partial charge < -0.3 is 9.84 Å². The molecule has 34 heavy (non-hydrogen) atoms. The molecule has 1 aliphatic heterocycles. The zero-order valence-corrected chi connectivity index (χ0v) is 20.3. The molecule has 0 aliphatic carbocycles. The molecule has 0 spiro atoms. The van der Waals surface area contributed by atoms with Crippen LogP contribution in [0.1, 0.15) is 67.1 Å². The molecule has 1 N–H and O–H groups in total. The van der Waals surface area contributed by atoms with Gasteiger partial charge in [0.25, 0.3) is 5.91 Å². The molecule has 1 aromatic heterocycles. The lowest BCUT2D eigenvalue weighted by Gasteiger charge is -2.36. The van der Waals surface area contributed by atoms with Crippen LogP contribution < -0.4 is 4.74 Å². The Morgan fingerprint density at radius 1 is 1.06 bits per heavy atom. The Bertz CT molecular complexity index is 1410. The zero-order chi connectivity index (χ0) is 24.0. The number of aryl methyl sites for hydroxylation is 2. The number of hydrogen-bond acceptors (Lipinski definition) is 3. The first-order chi connectivity index (χ1) is 16.3. The van der Waals surface area contributed by atoms with Crippen LogP contribution in [0.2, 0.25) is 0 Å². The van der Waals surface area contributed by atoms with E-state index in [1.54, 1.807) is 10.8 Å². The number of phenols is 1. The van der Waals surface area contributed by atoms with E-state index in [9.17, 15) is 9.90 Å². The Morgan fingerprint density at radius 2 is 1.85 bits per heavy atom. The van der Waals surface area contributed by atoms with Crippen molar-refractivity contribution >= 4 is 16.8 Å². The van der Waals surface area contributed by atoms with Gasteiger partial charge in [0.15, 0.2) is 0 Å². The summed E-state index contributed by atoms with van der Waals surface area (Å²) in [5, 5.41) is 12.7. The summed E-state index contributed by atoms with van der Waals surface area (Å²) in [6.07, 6.45) is 5.59. The van der Waals surface area contributed by atoms with Gasteiger partial charge in [-0.25, -0.2) is 0 Å². The van der Waals surface area contributed by atoms with Crippen LogP contribution in [0.3, 0.4) is 0 Å². The van der Waals surface area contributed by atoms with Crippen LogP contribution in [0.4, 0.5) is 0 Å². The fourth-order valence-electron chi connectivity index (χ4n) is 5.14. The molecule has 2 heterocycles. The highest BCUT2D eigenvalue weighted by molar-refractivity contribution is 6.07. The Kier molecular flexibility index (Phi) is 5.47. The van der Waals surface area contributed by atoms with E-state index in [2.05, 4.69) is 25.1 Å². The number of carbonyl (C=O) groups excluding carboxylic acids is 1. The average Bonchev–Trinajstić information content (AvgIpc) is 3.22. The highest BCUT2D eigenvalue weighted by Gasteiger charge is 2.36. The van der Waals surface area contributed by atoms with E-state index in [1.165, 1.54) is 0 Å². The molecular weight excluding hydrogens is 422 g/mol. The van der Waals surface area contributed by atoms with E-state index in [-0.39, 0.29) is 11.7 Å². The van der Waals surface area contributed by atoms with E-state index < -0.39 is 5.60 Å². The maximum Gasteiger partial charge on any atom is 0.266 e. The summed E-state index contributed by atoms with van der Waals surface area (Å²) in [7, 11) is 0. The van der Waals surface area contributed by atoms with Crippen LogP contribution in [-0.4, -0.2) is 15.6 Å². The number of aromatic hydroxyl groups is 1. The highest BCUT2D eigenvalue weighted by Crippen LogP contribution is 2.51. The lowest BCUT2D eigenvalue weighted by molar-refractivity contribution is 0.0959. The molecule has 0 saturated carbocycles. The summed E-state index contributed by atoms with van der Waals surface area (Å²) in [4.78, 5) is 13.9. The van der Waals surface area contributed by atoms with Crippen LogP contribution in [-0.2, 0) is 12.0 Å². The number of unbranched alkanes of at least 4 members (excludes halogenated alkanes) is 2. The molecule has 0 fully saturated rings. The number of para-hydroxylation sites is 1. The Morgan fingerprint density at radius 3 is 2.65 bits per heavy atom.